The Morgan fingerprint density at radius 1 is 1.23 bits per heavy atom. The van der Waals surface area contributed by atoms with Crippen LogP contribution in [0.3, 0.4) is 0 Å². The third kappa shape index (κ3) is 4.17. The molecular weight excluding hydrogens is 398 g/mol. The number of methoxy groups -OCH3 is 2. The molecule has 2 aromatic carbocycles. The summed E-state index contributed by atoms with van der Waals surface area (Å²) in [6.45, 7) is 0.969. The van der Waals surface area contributed by atoms with Crippen molar-refractivity contribution in [2.75, 3.05) is 20.8 Å². The quantitative estimate of drug-likeness (QED) is 0.670. The number of carbonyl (C=O) groups excluding carboxylic acids is 1. The lowest BCUT2D eigenvalue weighted by atomic mass is 9.94. The van der Waals surface area contributed by atoms with Gasteiger partial charge in [0.1, 0.15) is 11.5 Å². The molecule has 3 rings (SSSR count). The molecule has 0 saturated carbocycles. The molecule has 1 heterocycles. The highest BCUT2D eigenvalue weighted by Crippen LogP contribution is 2.28. The summed E-state index contributed by atoms with van der Waals surface area (Å²) >= 11 is 3.48. The molecule has 0 aliphatic carbocycles. The standard InChI is InChI=1S/C19H22BrN3O3/c1-25-15-7-6-13(17(9-15)26-2)10-21-19(24)16-11-22-23-18(16)12-4-3-5-14(20)8-12/h3-9,16,18,22-23H,10-11H2,1-2H3,(H,21,24). The first-order chi connectivity index (χ1) is 12.6. The van der Waals surface area contributed by atoms with E-state index in [1.165, 1.54) is 0 Å². The minimum Gasteiger partial charge on any atom is -0.497 e. The number of nitrogens with one attached hydrogen (secondary N) is 3. The van der Waals surface area contributed by atoms with Crippen LogP contribution >= 0.6 is 15.9 Å². The smallest absolute Gasteiger partial charge is 0.226 e. The van der Waals surface area contributed by atoms with Gasteiger partial charge in [-0.15, -0.1) is 0 Å². The molecule has 6 nitrogen and oxygen atoms in total. The summed E-state index contributed by atoms with van der Waals surface area (Å²) in [4.78, 5) is 12.7. The first-order valence-electron chi connectivity index (χ1n) is 8.35. The number of amides is 1. The Kier molecular flexibility index (Phi) is 6.13. The van der Waals surface area contributed by atoms with E-state index in [1.54, 1.807) is 14.2 Å². The monoisotopic (exact) mass is 419 g/mol. The van der Waals surface area contributed by atoms with Gasteiger partial charge in [0.05, 0.1) is 26.2 Å². The Hall–Kier alpha value is -2.09. The number of halogens is 1. The molecule has 0 spiro atoms. The molecule has 0 aromatic heterocycles. The van der Waals surface area contributed by atoms with E-state index in [1.807, 2.05) is 42.5 Å². The lowest BCUT2D eigenvalue weighted by Gasteiger charge is -2.19. The lowest BCUT2D eigenvalue weighted by Crippen LogP contribution is -2.34. The van der Waals surface area contributed by atoms with Gasteiger partial charge in [0.2, 0.25) is 5.91 Å². The zero-order valence-electron chi connectivity index (χ0n) is 14.7. The van der Waals surface area contributed by atoms with Crippen molar-refractivity contribution in [1.82, 2.24) is 16.2 Å². The SMILES string of the molecule is COc1ccc(CNC(=O)C2CNNC2c2cccc(Br)c2)c(OC)c1. The minimum atomic E-state index is -0.200. The molecule has 7 heteroatoms. The Morgan fingerprint density at radius 2 is 2.08 bits per heavy atom. The molecular formula is C19H22BrN3O3. The highest BCUT2D eigenvalue weighted by atomic mass is 79.9. The third-order valence-corrected chi connectivity index (χ3v) is 4.97. The van der Waals surface area contributed by atoms with Gasteiger partial charge in [0, 0.05) is 29.2 Å². The van der Waals surface area contributed by atoms with Gasteiger partial charge in [-0.25, -0.2) is 5.43 Å². The van der Waals surface area contributed by atoms with Crippen LogP contribution in [0.25, 0.3) is 0 Å². The summed E-state index contributed by atoms with van der Waals surface area (Å²) in [5.74, 6) is 1.20. The molecule has 0 radical (unpaired) electrons. The van der Waals surface area contributed by atoms with E-state index in [2.05, 4.69) is 32.1 Å². The molecule has 1 fully saturated rings. The molecule has 1 aliphatic heterocycles. The van der Waals surface area contributed by atoms with E-state index in [4.69, 9.17) is 9.47 Å². The van der Waals surface area contributed by atoms with Crippen molar-refractivity contribution in [2.24, 2.45) is 5.92 Å². The van der Waals surface area contributed by atoms with Gasteiger partial charge in [0.15, 0.2) is 0 Å². The predicted molar refractivity (Wildman–Crippen MR) is 103 cm³/mol. The number of hydrogen-bond donors (Lipinski definition) is 3. The Bertz CT molecular complexity index is 784. The van der Waals surface area contributed by atoms with Crippen LogP contribution in [0.15, 0.2) is 46.9 Å². The highest BCUT2D eigenvalue weighted by molar-refractivity contribution is 9.10. The molecule has 2 unspecified atom stereocenters. The second-order valence-electron chi connectivity index (χ2n) is 6.06. The van der Waals surface area contributed by atoms with Gasteiger partial charge in [0.25, 0.3) is 0 Å². The van der Waals surface area contributed by atoms with Gasteiger partial charge >= 0.3 is 0 Å². The van der Waals surface area contributed by atoms with Crippen molar-refractivity contribution in [3.8, 4) is 11.5 Å². The summed E-state index contributed by atoms with van der Waals surface area (Å²) in [6, 6.07) is 13.5. The van der Waals surface area contributed by atoms with E-state index in [9.17, 15) is 4.79 Å². The normalized spacial score (nSPS) is 19.2. The van der Waals surface area contributed by atoms with Crippen LogP contribution in [-0.2, 0) is 11.3 Å². The molecule has 2 aromatic rings. The second-order valence-corrected chi connectivity index (χ2v) is 6.98. The van der Waals surface area contributed by atoms with Crippen LogP contribution in [-0.4, -0.2) is 26.7 Å². The average Bonchev–Trinajstić information content (AvgIpc) is 3.16. The highest BCUT2D eigenvalue weighted by Gasteiger charge is 2.33. The zero-order chi connectivity index (χ0) is 18.5. The number of hydrogen-bond acceptors (Lipinski definition) is 5. The van der Waals surface area contributed by atoms with Crippen molar-refractivity contribution in [3.05, 3.63) is 58.1 Å². The fraction of sp³-hybridized carbons (Fsp3) is 0.316. The summed E-state index contributed by atoms with van der Waals surface area (Å²) in [5.41, 5.74) is 8.25. The predicted octanol–water partition coefficient (Wildman–Crippen LogP) is 2.55. The van der Waals surface area contributed by atoms with Crippen molar-refractivity contribution < 1.29 is 14.3 Å². The molecule has 26 heavy (non-hydrogen) atoms. The molecule has 2 atom stereocenters. The second kappa shape index (κ2) is 8.53. The van der Waals surface area contributed by atoms with Gasteiger partial charge in [-0.2, -0.15) is 0 Å². The summed E-state index contributed by atoms with van der Waals surface area (Å²) in [5, 5.41) is 3.02. The van der Waals surface area contributed by atoms with Crippen LogP contribution < -0.4 is 25.6 Å². The van der Waals surface area contributed by atoms with Crippen LogP contribution in [0.4, 0.5) is 0 Å². The third-order valence-electron chi connectivity index (χ3n) is 4.47. The van der Waals surface area contributed by atoms with E-state index in [-0.39, 0.29) is 17.9 Å². The minimum absolute atomic E-state index is 0.00894. The molecule has 3 N–H and O–H groups in total. The maximum Gasteiger partial charge on any atom is 0.226 e. The van der Waals surface area contributed by atoms with Gasteiger partial charge in [-0.3, -0.25) is 10.2 Å². The first-order valence-corrected chi connectivity index (χ1v) is 9.14. The van der Waals surface area contributed by atoms with Crippen molar-refractivity contribution in [2.45, 2.75) is 12.6 Å². The zero-order valence-corrected chi connectivity index (χ0v) is 16.3. The van der Waals surface area contributed by atoms with E-state index in [0.717, 1.165) is 21.3 Å². The molecule has 138 valence electrons. The molecule has 1 amide bonds. The molecule has 1 aliphatic rings. The van der Waals surface area contributed by atoms with Gasteiger partial charge < -0.3 is 14.8 Å². The Morgan fingerprint density at radius 3 is 2.81 bits per heavy atom. The number of benzene rings is 2. The average molecular weight is 420 g/mol. The summed E-state index contributed by atoms with van der Waals surface area (Å²) in [7, 11) is 3.21. The molecule has 0 bridgehead atoms. The Balaban J connectivity index is 1.68. The van der Waals surface area contributed by atoms with Gasteiger partial charge in [-0.05, 0) is 29.8 Å². The summed E-state index contributed by atoms with van der Waals surface area (Å²) in [6.07, 6.45) is 0. The molecule has 1 saturated heterocycles. The maximum absolute atomic E-state index is 12.7. The topological polar surface area (TPSA) is 71.6 Å². The van der Waals surface area contributed by atoms with Crippen molar-refractivity contribution >= 4 is 21.8 Å². The summed E-state index contributed by atoms with van der Waals surface area (Å²) < 4.78 is 11.6. The first kappa shape index (κ1) is 18.7. The van der Waals surface area contributed by atoms with Crippen LogP contribution in [0.1, 0.15) is 17.2 Å². The van der Waals surface area contributed by atoms with E-state index in [0.29, 0.717) is 18.8 Å². The van der Waals surface area contributed by atoms with E-state index >= 15 is 0 Å². The van der Waals surface area contributed by atoms with Crippen molar-refractivity contribution in [1.29, 1.82) is 0 Å². The largest absolute Gasteiger partial charge is 0.497 e. The Labute approximate surface area is 161 Å². The fourth-order valence-corrected chi connectivity index (χ4v) is 3.49. The fourth-order valence-electron chi connectivity index (χ4n) is 3.07. The lowest BCUT2D eigenvalue weighted by molar-refractivity contribution is -0.125. The van der Waals surface area contributed by atoms with Crippen molar-refractivity contribution in [3.63, 3.8) is 0 Å². The van der Waals surface area contributed by atoms with Crippen LogP contribution in [0, 0.1) is 5.92 Å². The number of rotatable bonds is 6. The number of ether oxygens (including phenoxy) is 2. The van der Waals surface area contributed by atoms with Crippen LogP contribution in [0.2, 0.25) is 0 Å². The van der Waals surface area contributed by atoms with E-state index < -0.39 is 0 Å². The number of carbonyl (C=O) groups is 1. The van der Waals surface area contributed by atoms with Gasteiger partial charge in [-0.1, -0.05) is 28.1 Å². The number of hydrazine groups is 1. The maximum atomic E-state index is 12.7. The van der Waals surface area contributed by atoms with Crippen LogP contribution in [0.5, 0.6) is 11.5 Å².